The first-order valence-corrected chi connectivity index (χ1v) is 10.6. The SMILES string of the molecule is CCCCCCCCCCCC(=O)N(C)CCS(=O)(=O)ON=C(N)N. The third-order valence-corrected chi connectivity index (χ3v) is 4.84. The topological polar surface area (TPSA) is 128 Å². The Hall–Kier alpha value is -1.51. The van der Waals surface area contributed by atoms with Gasteiger partial charge in [0.15, 0.2) is 0 Å². The molecule has 0 saturated heterocycles. The number of carbonyl (C=O) groups is 1. The van der Waals surface area contributed by atoms with Crippen LogP contribution >= 0.6 is 0 Å². The van der Waals surface area contributed by atoms with Gasteiger partial charge in [0.1, 0.15) is 5.75 Å². The molecule has 0 radical (unpaired) electrons. The van der Waals surface area contributed by atoms with Crippen molar-refractivity contribution < 1.29 is 17.5 Å². The molecule has 0 saturated carbocycles. The van der Waals surface area contributed by atoms with Crippen LogP contribution in [0, 0.1) is 0 Å². The zero-order valence-electron chi connectivity index (χ0n) is 15.6. The van der Waals surface area contributed by atoms with Crippen LogP contribution in [0.4, 0.5) is 0 Å². The average Bonchev–Trinajstić information content (AvgIpc) is 2.56. The smallest absolute Gasteiger partial charge is 0.330 e. The number of guanidine groups is 1. The van der Waals surface area contributed by atoms with Crippen LogP contribution in [0.5, 0.6) is 0 Å². The van der Waals surface area contributed by atoms with Gasteiger partial charge in [0, 0.05) is 20.0 Å². The van der Waals surface area contributed by atoms with Crippen LogP contribution in [-0.2, 0) is 19.2 Å². The first-order valence-electron chi connectivity index (χ1n) is 9.02. The van der Waals surface area contributed by atoms with Crippen molar-refractivity contribution in [3.63, 3.8) is 0 Å². The zero-order chi connectivity index (χ0) is 19.1. The molecule has 0 spiro atoms. The minimum Gasteiger partial charge on any atom is -0.367 e. The number of rotatable bonds is 15. The van der Waals surface area contributed by atoms with Gasteiger partial charge in [0.25, 0.3) is 0 Å². The summed E-state index contributed by atoms with van der Waals surface area (Å²) in [5.41, 5.74) is 9.99. The van der Waals surface area contributed by atoms with Crippen molar-refractivity contribution in [3.8, 4) is 0 Å². The van der Waals surface area contributed by atoms with Gasteiger partial charge in [-0.3, -0.25) is 9.08 Å². The van der Waals surface area contributed by atoms with Crippen molar-refractivity contribution in [3.05, 3.63) is 0 Å². The molecule has 0 aliphatic rings. The van der Waals surface area contributed by atoms with Gasteiger partial charge in [0.2, 0.25) is 11.9 Å². The molecular weight excluding hydrogens is 344 g/mol. The van der Waals surface area contributed by atoms with E-state index in [1.807, 2.05) is 0 Å². The van der Waals surface area contributed by atoms with Gasteiger partial charge in [-0.1, -0.05) is 58.3 Å². The normalized spacial score (nSPS) is 11.1. The van der Waals surface area contributed by atoms with E-state index >= 15 is 0 Å². The molecule has 4 N–H and O–H groups in total. The first kappa shape index (κ1) is 23.5. The first-order chi connectivity index (χ1) is 11.8. The number of hydrogen-bond donors (Lipinski definition) is 2. The van der Waals surface area contributed by atoms with Crippen LogP contribution in [0.2, 0.25) is 0 Å². The molecule has 0 aromatic carbocycles. The van der Waals surface area contributed by atoms with Crippen molar-refractivity contribution in [2.75, 3.05) is 19.3 Å². The number of nitrogens with two attached hydrogens (primary N) is 2. The maximum Gasteiger partial charge on any atom is 0.330 e. The lowest BCUT2D eigenvalue weighted by Gasteiger charge is -2.16. The van der Waals surface area contributed by atoms with E-state index in [1.165, 1.54) is 43.4 Å². The highest BCUT2D eigenvalue weighted by Crippen LogP contribution is 2.11. The summed E-state index contributed by atoms with van der Waals surface area (Å²) >= 11 is 0. The fourth-order valence-electron chi connectivity index (χ4n) is 2.29. The zero-order valence-corrected chi connectivity index (χ0v) is 16.4. The summed E-state index contributed by atoms with van der Waals surface area (Å²) in [6.45, 7) is 2.25. The maximum absolute atomic E-state index is 12.0. The minimum absolute atomic E-state index is 0.0403. The minimum atomic E-state index is -3.89. The van der Waals surface area contributed by atoms with E-state index < -0.39 is 16.1 Å². The Bertz CT molecular complexity index is 490. The van der Waals surface area contributed by atoms with Crippen molar-refractivity contribution in [1.82, 2.24) is 4.90 Å². The maximum atomic E-state index is 12.0. The fraction of sp³-hybridized carbons (Fsp3) is 0.875. The lowest BCUT2D eigenvalue weighted by Crippen LogP contribution is -2.32. The summed E-state index contributed by atoms with van der Waals surface area (Å²) in [6, 6.07) is 0. The van der Waals surface area contributed by atoms with Crippen molar-refractivity contribution in [2.24, 2.45) is 16.6 Å². The van der Waals surface area contributed by atoms with Crippen LogP contribution in [0.25, 0.3) is 0 Å². The summed E-state index contributed by atoms with van der Waals surface area (Å²) in [7, 11) is -2.31. The van der Waals surface area contributed by atoms with E-state index in [-0.39, 0.29) is 18.2 Å². The number of nitrogens with zero attached hydrogens (tertiary/aromatic N) is 2. The van der Waals surface area contributed by atoms with Crippen LogP contribution in [0.3, 0.4) is 0 Å². The van der Waals surface area contributed by atoms with Gasteiger partial charge in [-0.25, -0.2) is 0 Å². The third kappa shape index (κ3) is 14.5. The lowest BCUT2D eigenvalue weighted by molar-refractivity contribution is -0.129. The summed E-state index contributed by atoms with van der Waals surface area (Å²) in [5.74, 6) is -0.901. The Labute approximate surface area is 152 Å². The predicted octanol–water partition coefficient (Wildman–Crippen LogP) is 1.90. The molecule has 0 fully saturated rings. The second-order valence-corrected chi connectivity index (χ2v) is 7.92. The van der Waals surface area contributed by atoms with Gasteiger partial charge in [-0.15, -0.1) is 0 Å². The number of hydrogen-bond acceptors (Lipinski definition) is 5. The highest BCUT2D eigenvalue weighted by Gasteiger charge is 2.16. The molecule has 9 heteroatoms. The molecule has 0 aliphatic carbocycles. The molecule has 0 rings (SSSR count). The Kier molecular flexibility index (Phi) is 12.9. The largest absolute Gasteiger partial charge is 0.367 e. The Morgan fingerprint density at radius 3 is 2.04 bits per heavy atom. The highest BCUT2D eigenvalue weighted by atomic mass is 32.2. The Morgan fingerprint density at radius 1 is 1.00 bits per heavy atom. The van der Waals surface area contributed by atoms with E-state index in [9.17, 15) is 13.2 Å². The van der Waals surface area contributed by atoms with E-state index in [4.69, 9.17) is 11.5 Å². The molecule has 0 heterocycles. The molecular formula is C16H34N4O4S. The van der Waals surface area contributed by atoms with Crippen molar-refractivity contribution >= 4 is 22.0 Å². The fourth-order valence-corrected chi connectivity index (χ4v) is 3.06. The van der Waals surface area contributed by atoms with Crippen molar-refractivity contribution in [2.45, 2.75) is 71.1 Å². The van der Waals surface area contributed by atoms with Crippen molar-refractivity contribution in [1.29, 1.82) is 0 Å². The molecule has 0 aromatic heterocycles. The quantitative estimate of drug-likeness (QED) is 0.194. The van der Waals surface area contributed by atoms with E-state index in [0.29, 0.717) is 6.42 Å². The molecule has 8 nitrogen and oxygen atoms in total. The lowest BCUT2D eigenvalue weighted by atomic mass is 10.1. The number of carbonyl (C=O) groups excluding carboxylic acids is 1. The number of amides is 1. The van der Waals surface area contributed by atoms with Crippen LogP contribution in [0.1, 0.15) is 71.1 Å². The number of oxime groups is 1. The van der Waals surface area contributed by atoms with Gasteiger partial charge in [-0.05, 0) is 11.6 Å². The summed E-state index contributed by atoms with van der Waals surface area (Å²) in [6.07, 6.45) is 11.1. The standard InChI is InChI=1S/C16H34N4O4S/c1-3-4-5-6-7-8-9-10-11-12-15(21)20(2)13-14-25(22,23)24-19-16(17)18/h3-14H2,1-2H3,(H4,17,18,19). The molecule has 1 amide bonds. The van der Waals surface area contributed by atoms with Gasteiger partial charge < -0.3 is 16.4 Å². The summed E-state index contributed by atoms with van der Waals surface area (Å²) in [5, 5.41) is 3.00. The third-order valence-electron chi connectivity index (χ3n) is 3.85. The molecule has 25 heavy (non-hydrogen) atoms. The van der Waals surface area contributed by atoms with Gasteiger partial charge >= 0.3 is 10.1 Å². The Balaban J connectivity index is 3.77. The van der Waals surface area contributed by atoms with Crippen LogP contribution in [-0.4, -0.2) is 44.5 Å². The highest BCUT2D eigenvalue weighted by molar-refractivity contribution is 7.86. The second-order valence-electron chi connectivity index (χ2n) is 6.25. The molecule has 0 atom stereocenters. The van der Waals surface area contributed by atoms with Crippen LogP contribution < -0.4 is 11.5 Å². The Morgan fingerprint density at radius 2 is 1.52 bits per heavy atom. The molecule has 0 bridgehead atoms. The predicted molar refractivity (Wildman–Crippen MR) is 100 cm³/mol. The molecule has 148 valence electrons. The van der Waals surface area contributed by atoms with E-state index in [0.717, 1.165) is 19.3 Å². The van der Waals surface area contributed by atoms with E-state index in [2.05, 4.69) is 16.4 Å². The summed E-state index contributed by atoms with van der Waals surface area (Å²) < 4.78 is 27.3. The van der Waals surface area contributed by atoms with Gasteiger partial charge in [-0.2, -0.15) is 8.42 Å². The van der Waals surface area contributed by atoms with Gasteiger partial charge in [0.05, 0.1) is 0 Å². The van der Waals surface area contributed by atoms with E-state index in [1.54, 1.807) is 7.05 Å². The molecule has 0 unspecified atom stereocenters. The van der Waals surface area contributed by atoms with Crippen LogP contribution in [0.15, 0.2) is 5.16 Å². The average molecular weight is 379 g/mol. The second kappa shape index (κ2) is 13.7. The molecule has 0 aromatic rings. The summed E-state index contributed by atoms with van der Waals surface area (Å²) in [4.78, 5) is 13.3. The number of unbranched alkanes of at least 4 members (excludes halogenated alkanes) is 8. The molecule has 0 aliphatic heterocycles. The monoisotopic (exact) mass is 378 g/mol.